The minimum absolute atomic E-state index is 0. The molecule has 0 saturated heterocycles. The monoisotopic (exact) mass is 214 g/mol. The molecule has 0 spiro atoms. The van der Waals surface area contributed by atoms with Gasteiger partial charge in [0, 0.05) is 6.92 Å². The van der Waals surface area contributed by atoms with E-state index in [0.717, 1.165) is 0 Å². The lowest BCUT2D eigenvalue weighted by atomic mass is 10.8. The minimum atomic E-state index is -0.211. The third kappa shape index (κ3) is 197. The molecule has 0 aromatic rings. The summed E-state index contributed by atoms with van der Waals surface area (Å²) in [5, 5.41) is 0. The maximum Gasteiger partial charge on any atom is 0.302 e. The summed E-state index contributed by atoms with van der Waals surface area (Å²) in [6.07, 6.45) is 0. The number of hydrogen-bond acceptors (Lipinski definition) is 2. The lowest BCUT2D eigenvalue weighted by Crippen LogP contribution is -1.95. The van der Waals surface area contributed by atoms with Crippen molar-refractivity contribution in [3.8, 4) is 0 Å². The van der Waals surface area contributed by atoms with Gasteiger partial charge in [-0.1, -0.05) is 0 Å². The molecule has 92 valence electrons. The molecular formula is C4H22O9. The van der Waals surface area contributed by atoms with Crippen LogP contribution >= 0.6 is 0 Å². The van der Waals surface area contributed by atoms with Crippen molar-refractivity contribution in [2.75, 3.05) is 6.61 Å². The van der Waals surface area contributed by atoms with E-state index in [2.05, 4.69) is 4.74 Å². The number of carbonyl (C=O) groups excluding carboxylic acids is 1. The van der Waals surface area contributed by atoms with E-state index in [9.17, 15) is 4.79 Å². The highest BCUT2D eigenvalue weighted by Gasteiger charge is 1.81. The van der Waals surface area contributed by atoms with Crippen molar-refractivity contribution in [2.24, 2.45) is 0 Å². The molecule has 0 amide bonds. The van der Waals surface area contributed by atoms with Crippen LogP contribution in [0.25, 0.3) is 0 Å². The third-order valence-electron chi connectivity index (χ3n) is 0.348. The van der Waals surface area contributed by atoms with Gasteiger partial charge in [-0.25, -0.2) is 0 Å². The van der Waals surface area contributed by atoms with Crippen molar-refractivity contribution < 1.29 is 47.9 Å². The van der Waals surface area contributed by atoms with Crippen molar-refractivity contribution in [3.63, 3.8) is 0 Å². The molecule has 0 unspecified atom stereocenters. The number of ether oxygens (including phenoxy) is 1. The Kier molecular flexibility index (Phi) is 443. The standard InChI is InChI=1S/C4H8O2.7H2O/c1-3-6-4(2)5;;;;;;;/h3H2,1-2H3;7*1H2. The summed E-state index contributed by atoms with van der Waals surface area (Å²) in [5.41, 5.74) is 0. The highest BCUT2D eigenvalue weighted by molar-refractivity contribution is 5.65. The first-order valence-corrected chi connectivity index (χ1v) is 1.90. The summed E-state index contributed by atoms with van der Waals surface area (Å²) in [7, 11) is 0. The second kappa shape index (κ2) is 66.2. The fourth-order valence-corrected chi connectivity index (χ4v) is 0.203. The van der Waals surface area contributed by atoms with Gasteiger partial charge in [0.1, 0.15) is 0 Å². The van der Waals surface area contributed by atoms with Crippen molar-refractivity contribution in [2.45, 2.75) is 13.8 Å². The fraction of sp³-hybridized carbons (Fsp3) is 0.750. The summed E-state index contributed by atoms with van der Waals surface area (Å²) >= 11 is 0. The molecule has 0 aromatic carbocycles. The highest BCUT2D eigenvalue weighted by Crippen LogP contribution is 1.69. The molecule has 0 radical (unpaired) electrons. The summed E-state index contributed by atoms with van der Waals surface area (Å²) < 4.78 is 4.40. The summed E-state index contributed by atoms with van der Waals surface area (Å²) in [6, 6.07) is 0. The molecule has 9 nitrogen and oxygen atoms in total. The molecule has 0 aliphatic rings. The fourth-order valence-electron chi connectivity index (χ4n) is 0.203. The molecule has 0 aliphatic carbocycles. The molecule has 14 N–H and O–H groups in total. The van der Waals surface area contributed by atoms with E-state index in [1.54, 1.807) is 6.92 Å². The first kappa shape index (κ1) is 86.9. The van der Waals surface area contributed by atoms with Gasteiger partial charge in [0.15, 0.2) is 0 Å². The predicted molar refractivity (Wildman–Crippen MR) is 47.6 cm³/mol. The Labute approximate surface area is 75.5 Å². The number of carbonyl (C=O) groups is 1. The Bertz CT molecular complexity index is 55.6. The first-order chi connectivity index (χ1) is 2.77. The Morgan fingerprint density at radius 3 is 1.15 bits per heavy atom. The molecule has 0 bridgehead atoms. The van der Waals surface area contributed by atoms with Crippen LogP contribution in [0, 0.1) is 0 Å². The molecule has 0 saturated carbocycles. The minimum Gasteiger partial charge on any atom is -0.466 e. The Morgan fingerprint density at radius 1 is 0.923 bits per heavy atom. The summed E-state index contributed by atoms with van der Waals surface area (Å²) in [5.74, 6) is -0.211. The van der Waals surface area contributed by atoms with Crippen LogP contribution in [0.15, 0.2) is 0 Å². The van der Waals surface area contributed by atoms with Crippen LogP contribution in [0.2, 0.25) is 0 Å². The van der Waals surface area contributed by atoms with Crippen molar-refractivity contribution >= 4 is 5.97 Å². The van der Waals surface area contributed by atoms with Crippen LogP contribution in [0.5, 0.6) is 0 Å². The number of rotatable bonds is 1. The lowest BCUT2D eigenvalue weighted by molar-refractivity contribution is -0.140. The lowest BCUT2D eigenvalue weighted by Gasteiger charge is -1.89. The maximum absolute atomic E-state index is 9.82. The molecule has 13 heavy (non-hydrogen) atoms. The average molecular weight is 214 g/mol. The van der Waals surface area contributed by atoms with Gasteiger partial charge < -0.3 is 43.1 Å². The molecule has 0 fully saturated rings. The van der Waals surface area contributed by atoms with Crippen LogP contribution in [-0.2, 0) is 9.53 Å². The normalized spacial score (nSPS) is 3.54. The van der Waals surface area contributed by atoms with E-state index < -0.39 is 0 Å². The van der Waals surface area contributed by atoms with Gasteiger partial charge >= 0.3 is 5.97 Å². The molecule has 0 heterocycles. The maximum atomic E-state index is 9.82. The van der Waals surface area contributed by atoms with E-state index in [1.165, 1.54) is 6.92 Å². The SMILES string of the molecule is CCOC(C)=O.O.O.O.O.O.O.O. The van der Waals surface area contributed by atoms with E-state index in [-0.39, 0.29) is 44.3 Å². The smallest absolute Gasteiger partial charge is 0.302 e. The molecular weight excluding hydrogens is 192 g/mol. The van der Waals surface area contributed by atoms with Crippen LogP contribution < -0.4 is 0 Å². The molecule has 9 heteroatoms. The van der Waals surface area contributed by atoms with E-state index >= 15 is 0 Å². The zero-order valence-electron chi connectivity index (χ0n) is 7.52. The highest BCUT2D eigenvalue weighted by atomic mass is 16.5. The van der Waals surface area contributed by atoms with Crippen LogP contribution in [-0.4, -0.2) is 50.9 Å². The van der Waals surface area contributed by atoms with Gasteiger partial charge in [-0.2, -0.15) is 0 Å². The van der Waals surface area contributed by atoms with Gasteiger partial charge in [0.05, 0.1) is 6.61 Å². The van der Waals surface area contributed by atoms with Crippen molar-refractivity contribution in [1.82, 2.24) is 0 Å². The topological polar surface area (TPSA) is 247 Å². The molecule has 0 atom stereocenters. The number of hydrogen-bond donors (Lipinski definition) is 0. The van der Waals surface area contributed by atoms with Crippen LogP contribution in [0.1, 0.15) is 13.8 Å². The Morgan fingerprint density at radius 2 is 1.15 bits per heavy atom. The zero-order valence-corrected chi connectivity index (χ0v) is 7.52. The summed E-state index contributed by atoms with van der Waals surface area (Å²) in [6.45, 7) is 3.65. The van der Waals surface area contributed by atoms with Gasteiger partial charge in [-0.05, 0) is 6.92 Å². The largest absolute Gasteiger partial charge is 0.466 e. The van der Waals surface area contributed by atoms with Crippen LogP contribution in [0.4, 0.5) is 0 Å². The Balaban J connectivity index is -0.00000000595. The second-order valence-electron chi connectivity index (χ2n) is 0.925. The first-order valence-electron chi connectivity index (χ1n) is 1.90. The third-order valence-corrected chi connectivity index (χ3v) is 0.348. The average Bonchev–Trinajstić information content (AvgIpc) is 1.35. The Hall–Kier alpha value is -0.810. The van der Waals surface area contributed by atoms with Crippen molar-refractivity contribution in [1.29, 1.82) is 0 Å². The van der Waals surface area contributed by atoms with E-state index in [4.69, 9.17) is 0 Å². The van der Waals surface area contributed by atoms with E-state index in [1.807, 2.05) is 0 Å². The molecule has 0 aliphatic heterocycles. The van der Waals surface area contributed by atoms with Crippen LogP contribution in [0.3, 0.4) is 0 Å². The number of esters is 1. The van der Waals surface area contributed by atoms with Gasteiger partial charge in [-0.3, -0.25) is 4.79 Å². The van der Waals surface area contributed by atoms with Gasteiger partial charge in [0.25, 0.3) is 0 Å². The molecule has 0 rings (SSSR count). The van der Waals surface area contributed by atoms with Crippen molar-refractivity contribution in [3.05, 3.63) is 0 Å². The van der Waals surface area contributed by atoms with Gasteiger partial charge in [-0.15, -0.1) is 0 Å². The zero-order chi connectivity index (χ0) is 4.99. The second-order valence-corrected chi connectivity index (χ2v) is 0.925. The van der Waals surface area contributed by atoms with E-state index in [0.29, 0.717) is 6.61 Å². The quantitative estimate of drug-likeness (QED) is 0.388. The predicted octanol–water partition coefficient (Wildman–Crippen LogP) is -5.20. The summed E-state index contributed by atoms with van der Waals surface area (Å²) in [4.78, 5) is 9.82. The molecule has 0 aromatic heterocycles. The van der Waals surface area contributed by atoms with Gasteiger partial charge in [0.2, 0.25) is 0 Å².